The molecule has 1 saturated heterocycles. The second kappa shape index (κ2) is 9.00. The van der Waals surface area contributed by atoms with Crippen LogP contribution in [0.15, 0.2) is 66.7 Å². The Kier molecular flexibility index (Phi) is 5.98. The fourth-order valence-electron chi connectivity index (χ4n) is 3.91. The van der Waals surface area contributed by atoms with Gasteiger partial charge in [-0.15, -0.1) is 0 Å². The summed E-state index contributed by atoms with van der Waals surface area (Å²) in [6.45, 7) is 2.84. The van der Waals surface area contributed by atoms with Gasteiger partial charge in [0.05, 0.1) is 12.3 Å². The number of hydrogen-bond donors (Lipinski definition) is 2. The minimum atomic E-state index is -0.476. The number of hydrogen-bond acceptors (Lipinski definition) is 3. The maximum Gasteiger partial charge on any atom is 0.243 e. The van der Waals surface area contributed by atoms with Crippen molar-refractivity contribution in [2.45, 2.75) is 26.3 Å². The number of aryl methyl sites for hydroxylation is 1. The van der Waals surface area contributed by atoms with Crippen LogP contribution >= 0.6 is 0 Å². The van der Waals surface area contributed by atoms with E-state index in [0.29, 0.717) is 13.1 Å². The monoisotopic (exact) mass is 415 g/mol. The zero-order chi connectivity index (χ0) is 21.8. The Bertz CT molecular complexity index is 1120. The number of likely N-dealkylation sites (tertiary alicyclic amines) is 1. The Morgan fingerprint density at radius 2 is 1.71 bits per heavy atom. The standard InChI is InChI=1S/C25H25N3O3/c1-17-9-11-18(12-10-17)15-28-16-21(14-24(28)30)25(31)27-26-23(29)13-20-7-4-6-19-5-2-3-8-22(19)20/h2-12,21H,13-16H2,1H3,(H,26,29)(H,27,31). The van der Waals surface area contributed by atoms with Crippen molar-refractivity contribution >= 4 is 28.5 Å². The summed E-state index contributed by atoms with van der Waals surface area (Å²) in [4.78, 5) is 38.9. The molecular weight excluding hydrogens is 390 g/mol. The number of amides is 3. The van der Waals surface area contributed by atoms with Crippen LogP contribution in [-0.4, -0.2) is 29.2 Å². The van der Waals surface area contributed by atoms with E-state index in [1.807, 2.05) is 73.7 Å². The van der Waals surface area contributed by atoms with E-state index in [1.165, 1.54) is 0 Å². The summed E-state index contributed by atoms with van der Waals surface area (Å²) in [5.74, 6) is -1.17. The van der Waals surface area contributed by atoms with Crippen molar-refractivity contribution < 1.29 is 14.4 Å². The largest absolute Gasteiger partial charge is 0.338 e. The van der Waals surface area contributed by atoms with Crippen molar-refractivity contribution in [1.82, 2.24) is 15.8 Å². The van der Waals surface area contributed by atoms with Gasteiger partial charge < -0.3 is 4.90 Å². The van der Waals surface area contributed by atoms with Gasteiger partial charge in [0.2, 0.25) is 17.7 Å². The number of hydrazine groups is 1. The van der Waals surface area contributed by atoms with Gasteiger partial charge in [-0.3, -0.25) is 25.2 Å². The van der Waals surface area contributed by atoms with Gasteiger partial charge >= 0.3 is 0 Å². The van der Waals surface area contributed by atoms with E-state index >= 15 is 0 Å². The van der Waals surface area contributed by atoms with Gasteiger partial charge in [0.1, 0.15) is 0 Å². The molecule has 0 bridgehead atoms. The average Bonchev–Trinajstić information content (AvgIpc) is 3.14. The summed E-state index contributed by atoms with van der Waals surface area (Å²) in [6.07, 6.45) is 0.307. The van der Waals surface area contributed by atoms with Crippen LogP contribution in [-0.2, 0) is 27.3 Å². The van der Waals surface area contributed by atoms with Crippen molar-refractivity contribution in [1.29, 1.82) is 0 Å². The quantitative estimate of drug-likeness (QED) is 0.629. The Balaban J connectivity index is 1.30. The molecule has 31 heavy (non-hydrogen) atoms. The topological polar surface area (TPSA) is 78.5 Å². The molecule has 0 aliphatic carbocycles. The second-order valence-corrected chi connectivity index (χ2v) is 8.01. The number of nitrogens with one attached hydrogen (secondary N) is 2. The van der Waals surface area contributed by atoms with E-state index in [9.17, 15) is 14.4 Å². The first kappa shape index (κ1) is 20.6. The van der Waals surface area contributed by atoms with E-state index in [-0.39, 0.29) is 30.6 Å². The van der Waals surface area contributed by atoms with Crippen molar-refractivity contribution in [3.63, 3.8) is 0 Å². The lowest BCUT2D eigenvalue weighted by molar-refractivity contribution is -0.131. The lowest BCUT2D eigenvalue weighted by Crippen LogP contribution is -2.45. The van der Waals surface area contributed by atoms with Gasteiger partial charge in [0.25, 0.3) is 0 Å². The first-order chi connectivity index (χ1) is 15.0. The molecule has 4 rings (SSSR count). The molecule has 1 atom stereocenters. The first-order valence-corrected chi connectivity index (χ1v) is 10.4. The van der Waals surface area contributed by atoms with Gasteiger partial charge in [0, 0.05) is 19.5 Å². The van der Waals surface area contributed by atoms with Crippen LogP contribution in [0.2, 0.25) is 0 Å². The number of carbonyl (C=O) groups excluding carboxylic acids is 3. The van der Waals surface area contributed by atoms with Crippen LogP contribution < -0.4 is 10.9 Å². The fourth-order valence-corrected chi connectivity index (χ4v) is 3.91. The predicted octanol–water partition coefficient (Wildman–Crippen LogP) is 2.89. The lowest BCUT2D eigenvalue weighted by atomic mass is 10.0. The molecule has 1 unspecified atom stereocenters. The Morgan fingerprint density at radius 1 is 0.968 bits per heavy atom. The first-order valence-electron chi connectivity index (χ1n) is 10.4. The summed E-state index contributed by atoms with van der Waals surface area (Å²) in [5, 5.41) is 2.08. The minimum absolute atomic E-state index is 0.0530. The van der Waals surface area contributed by atoms with E-state index < -0.39 is 5.92 Å². The molecule has 3 aromatic rings. The van der Waals surface area contributed by atoms with Crippen LogP contribution in [0.5, 0.6) is 0 Å². The SMILES string of the molecule is Cc1ccc(CN2CC(C(=O)NNC(=O)Cc3cccc4ccccc34)CC2=O)cc1. The highest BCUT2D eigenvalue weighted by Gasteiger charge is 2.34. The molecule has 0 aromatic heterocycles. The lowest BCUT2D eigenvalue weighted by Gasteiger charge is -2.17. The van der Waals surface area contributed by atoms with Crippen molar-refractivity contribution in [3.8, 4) is 0 Å². The molecule has 2 N–H and O–H groups in total. The smallest absolute Gasteiger partial charge is 0.243 e. The van der Waals surface area contributed by atoms with Gasteiger partial charge in [-0.2, -0.15) is 0 Å². The molecule has 3 amide bonds. The molecular formula is C25H25N3O3. The van der Waals surface area contributed by atoms with Crippen LogP contribution in [0.4, 0.5) is 0 Å². The Morgan fingerprint density at radius 3 is 2.52 bits per heavy atom. The minimum Gasteiger partial charge on any atom is -0.338 e. The van der Waals surface area contributed by atoms with Crippen LogP contribution in [0, 0.1) is 12.8 Å². The maximum atomic E-state index is 12.5. The van der Waals surface area contributed by atoms with Crippen molar-refractivity contribution in [3.05, 3.63) is 83.4 Å². The van der Waals surface area contributed by atoms with E-state index in [0.717, 1.165) is 27.5 Å². The third kappa shape index (κ3) is 4.91. The molecule has 1 aliphatic heterocycles. The normalized spacial score (nSPS) is 15.8. The van der Waals surface area contributed by atoms with E-state index in [1.54, 1.807) is 4.90 Å². The van der Waals surface area contributed by atoms with Gasteiger partial charge in [-0.05, 0) is 28.8 Å². The molecule has 6 nitrogen and oxygen atoms in total. The molecule has 6 heteroatoms. The van der Waals surface area contributed by atoms with E-state index in [4.69, 9.17) is 0 Å². The third-order valence-electron chi connectivity index (χ3n) is 5.64. The number of rotatable bonds is 5. The summed E-state index contributed by atoms with van der Waals surface area (Å²) in [6, 6.07) is 21.7. The molecule has 0 saturated carbocycles. The van der Waals surface area contributed by atoms with Crippen LogP contribution in [0.1, 0.15) is 23.1 Å². The molecule has 1 heterocycles. The highest BCUT2D eigenvalue weighted by Crippen LogP contribution is 2.21. The van der Waals surface area contributed by atoms with Crippen LogP contribution in [0.3, 0.4) is 0 Å². The molecule has 0 spiro atoms. The fraction of sp³-hybridized carbons (Fsp3) is 0.240. The van der Waals surface area contributed by atoms with Crippen LogP contribution in [0.25, 0.3) is 10.8 Å². The summed E-state index contributed by atoms with van der Waals surface area (Å²) >= 11 is 0. The number of benzene rings is 3. The Hall–Kier alpha value is -3.67. The molecule has 1 fully saturated rings. The predicted molar refractivity (Wildman–Crippen MR) is 119 cm³/mol. The highest BCUT2D eigenvalue weighted by atomic mass is 16.2. The molecule has 3 aromatic carbocycles. The number of carbonyl (C=O) groups is 3. The molecule has 158 valence electrons. The molecule has 1 aliphatic rings. The highest BCUT2D eigenvalue weighted by molar-refractivity contribution is 5.92. The maximum absolute atomic E-state index is 12.5. The van der Waals surface area contributed by atoms with Gasteiger partial charge in [0.15, 0.2) is 0 Å². The zero-order valence-corrected chi connectivity index (χ0v) is 17.4. The second-order valence-electron chi connectivity index (χ2n) is 8.01. The number of nitrogens with zero attached hydrogens (tertiary/aromatic N) is 1. The van der Waals surface area contributed by atoms with Crippen molar-refractivity contribution in [2.24, 2.45) is 5.92 Å². The summed E-state index contributed by atoms with van der Waals surface area (Å²) in [5.41, 5.74) is 8.06. The Labute approximate surface area is 181 Å². The molecule has 0 radical (unpaired) electrons. The number of fused-ring (bicyclic) bond motifs is 1. The van der Waals surface area contributed by atoms with Gasteiger partial charge in [-0.25, -0.2) is 0 Å². The summed E-state index contributed by atoms with van der Waals surface area (Å²) < 4.78 is 0. The average molecular weight is 415 g/mol. The zero-order valence-electron chi connectivity index (χ0n) is 17.4. The third-order valence-corrected chi connectivity index (χ3v) is 5.64. The van der Waals surface area contributed by atoms with Gasteiger partial charge in [-0.1, -0.05) is 72.3 Å². The van der Waals surface area contributed by atoms with E-state index in [2.05, 4.69) is 10.9 Å². The summed E-state index contributed by atoms with van der Waals surface area (Å²) in [7, 11) is 0. The van der Waals surface area contributed by atoms with Crippen molar-refractivity contribution in [2.75, 3.05) is 6.54 Å².